The van der Waals surface area contributed by atoms with Crippen LogP contribution in [0, 0.1) is 0 Å². The molecular formula is C13H16N2O2S. The Balaban J connectivity index is 1.86. The Labute approximate surface area is 111 Å². The van der Waals surface area contributed by atoms with E-state index in [1.54, 1.807) is 34.1 Å². The Kier molecular flexibility index (Phi) is 4.15. The number of carbonyl (C=O) groups excluding carboxylic acids is 2. The van der Waals surface area contributed by atoms with Crippen LogP contribution in [0.4, 0.5) is 0 Å². The summed E-state index contributed by atoms with van der Waals surface area (Å²) in [5, 5.41) is 1.98. The van der Waals surface area contributed by atoms with Gasteiger partial charge in [0.2, 0.25) is 11.8 Å². The van der Waals surface area contributed by atoms with Gasteiger partial charge >= 0.3 is 0 Å². The van der Waals surface area contributed by atoms with E-state index < -0.39 is 0 Å². The average molecular weight is 264 g/mol. The molecule has 0 N–H and O–H groups in total. The SMILES string of the molecule is CC(=O)N1CCN(C(=O)/C=C/c2cccs2)CC1. The lowest BCUT2D eigenvalue weighted by Gasteiger charge is -2.33. The average Bonchev–Trinajstić information content (AvgIpc) is 2.89. The fourth-order valence-electron chi connectivity index (χ4n) is 1.89. The van der Waals surface area contributed by atoms with Crippen LogP contribution < -0.4 is 0 Å². The number of amides is 2. The molecule has 4 nitrogen and oxygen atoms in total. The van der Waals surface area contributed by atoms with Crippen LogP contribution in [-0.2, 0) is 9.59 Å². The van der Waals surface area contributed by atoms with Gasteiger partial charge in [0.25, 0.3) is 0 Å². The Morgan fingerprint density at radius 1 is 1.22 bits per heavy atom. The smallest absolute Gasteiger partial charge is 0.246 e. The first-order valence-corrected chi connectivity index (χ1v) is 6.81. The molecule has 2 amide bonds. The topological polar surface area (TPSA) is 40.6 Å². The molecule has 0 spiro atoms. The highest BCUT2D eigenvalue weighted by molar-refractivity contribution is 7.10. The molecule has 1 fully saturated rings. The van der Waals surface area contributed by atoms with Gasteiger partial charge in [0.15, 0.2) is 0 Å². The molecule has 0 atom stereocenters. The molecule has 1 aliphatic rings. The van der Waals surface area contributed by atoms with Gasteiger partial charge in [-0.15, -0.1) is 11.3 Å². The maximum absolute atomic E-state index is 11.9. The summed E-state index contributed by atoms with van der Waals surface area (Å²) in [5.41, 5.74) is 0. The van der Waals surface area contributed by atoms with E-state index in [1.165, 1.54) is 0 Å². The van der Waals surface area contributed by atoms with E-state index >= 15 is 0 Å². The highest BCUT2D eigenvalue weighted by Gasteiger charge is 2.20. The van der Waals surface area contributed by atoms with Gasteiger partial charge < -0.3 is 9.80 Å². The lowest BCUT2D eigenvalue weighted by atomic mass is 10.3. The fourth-order valence-corrected chi connectivity index (χ4v) is 2.50. The molecule has 0 unspecified atom stereocenters. The van der Waals surface area contributed by atoms with Crippen molar-refractivity contribution in [3.05, 3.63) is 28.5 Å². The molecule has 2 heterocycles. The predicted octanol–water partition coefficient (Wildman–Crippen LogP) is 1.45. The second kappa shape index (κ2) is 5.82. The number of carbonyl (C=O) groups is 2. The zero-order valence-electron chi connectivity index (χ0n) is 10.3. The predicted molar refractivity (Wildman–Crippen MR) is 72.2 cm³/mol. The summed E-state index contributed by atoms with van der Waals surface area (Å²) >= 11 is 1.61. The number of piperazine rings is 1. The van der Waals surface area contributed by atoms with Gasteiger partial charge in [-0.1, -0.05) is 6.07 Å². The van der Waals surface area contributed by atoms with Crippen molar-refractivity contribution in [2.45, 2.75) is 6.92 Å². The number of nitrogens with zero attached hydrogens (tertiary/aromatic N) is 2. The lowest BCUT2D eigenvalue weighted by Crippen LogP contribution is -2.49. The van der Waals surface area contributed by atoms with Crippen LogP contribution in [0.1, 0.15) is 11.8 Å². The highest BCUT2D eigenvalue weighted by Crippen LogP contribution is 2.11. The van der Waals surface area contributed by atoms with E-state index in [4.69, 9.17) is 0 Å². The Morgan fingerprint density at radius 3 is 2.44 bits per heavy atom. The molecule has 1 saturated heterocycles. The number of hydrogen-bond donors (Lipinski definition) is 0. The largest absolute Gasteiger partial charge is 0.339 e. The Bertz CT molecular complexity index is 446. The zero-order chi connectivity index (χ0) is 13.0. The quantitative estimate of drug-likeness (QED) is 0.759. The highest BCUT2D eigenvalue weighted by atomic mass is 32.1. The van der Waals surface area contributed by atoms with Crippen molar-refractivity contribution < 1.29 is 9.59 Å². The minimum atomic E-state index is 0.0200. The van der Waals surface area contributed by atoms with E-state index in [-0.39, 0.29) is 11.8 Å². The van der Waals surface area contributed by atoms with Crippen LogP contribution in [0.5, 0.6) is 0 Å². The van der Waals surface area contributed by atoms with E-state index in [2.05, 4.69) is 0 Å². The van der Waals surface area contributed by atoms with E-state index in [0.29, 0.717) is 26.2 Å². The monoisotopic (exact) mass is 264 g/mol. The van der Waals surface area contributed by atoms with E-state index in [9.17, 15) is 9.59 Å². The summed E-state index contributed by atoms with van der Waals surface area (Å²) in [6, 6.07) is 3.93. The number of thiophene rings is 1. The number of rotatable bonds is 2. The van der Waals surface area contributed by atoms with Crippen molar-refractivity contribution in [3.8, 4) is 0 Å². The van der Waals surface area contributed by atoms with Gasteiger partial charge in [-0.3, -0.25) is 9.59 Å². The van der Waals surface area contributed by atoms with Crippen LogP contribution in [0.2, 0.25) is 0 Å². The molecule has 1 aromatic heterocycles. The molecule has 1 aliphatic heterocycles. The molecule has 1 aromatic rings. The van der Waals surface area contributed by atoms with Crippen molar-refractivity contribution in [2.75, 3.05) is 26.2 Å². The molecule has 0 saturated carbocycles. The first kappa shape index (κ1) is 12.8. The summed E-state index contributed by atoms with van der Waals surface area (Å²) in [5.74, 6) is 0.0998. The third-order valence-corrected chi connectivity index (χ3v) is 3.81. The van der Waals surface area contributed by atoms with Crippen LogP contribution >= 0.6 is 11.3 Å². The Morgan fingerprint density at radius 2 is 1.89 bits per heavy atom. The maximum Gasteiger partial charge on any atom is 0.246 e. The normalized spacial score (nSPS) is 16.3. The van der Waals surface area contributed by atoms with Gasteiger partial charge in [0, 0.05) is 44.1 Å². The molecule has 0 aliphatic carbocycles. The van der Waals surface area contributed by atoms with Gasteiger partial charge in [0.1, 0.15) is 0 Å². The maximum atomic E-state index is 11.9. The van der Waals surface area contributed by atoms with Crippen LogP contribution in [0.25, 0.3) is 6.08 Å². The van der Waals surface area contributed by atoms with Crippen LogP contribution in [0.3, 0.4) is 0 Å². The minimum absolute atomic E-state index is 0.0200. The molecule has 5 heteroatoms. The fraction of sp³-hybridized carbons (Fsp3) is 0.385. The molecule has 96 valence electrons. The molecule has 18 heavy (non-hydrogen) atoms. The second-order valence-corrected chi connectivity index (χ2v) is 5.16. The minimum Gasteiger partial charge on any atom is -0.339 e. The summed E-state index contributed by atoms with van der Waals surface area (Å²) in [7, 11) is 0. The first-order valence-electron chi connectivity index (χ1n) is 5.93. The second-order valence-electron chi connectivity index (χ2n) is 4.18. The Hall–Kier alpha value is -1.62. The summed E-state index contributed by atoms with van der Waals surface area (Å²) in [4.78, 5) is 27.7. The van der Waals surface area contributed by atoms with E-state index in [0.717, 1.165) is 4.88 Å². The van der Waals surface area contributed by atoms with Gasteiger partial charge in [-0.2, -0.15) is 0 Å². The third kappa shape index (κ3) is 3.20. The molecule has 0 aromatic carbocycles. The standard InChI is InChI=1S/C13H16N2O2S/c1-11(16)14-6-8-15(9-7-14)13(17)5-4-12-3-2-10-18-12/h2-5,10H,6-9H2,1H3/b5-4+. The molecular weight excluding hydrogens is 248 g/mol. The molecule has 0 bridgehead atoms. The lowest BCUT2D eigenvalue weighted by molar-refractivity contribution is -0.135. The van der Waals surface area contributed by atoms with Crippen LogP contribution in [0.15, 0.2) is 23.6 Å². The summed E-state index contributed by atoms with van der Waals surface area (Å²) in [6.45, 7) is 4.07. The zero-order valence-corrected chi connectivity index (χ0v) is 11.2. The van der Waals surface area contributed by atoms with Gasteiger partial charge in [-0.05, 0) is 17.5 Å². The van der Waals surface area contributed by atoms with Crippen molar-refractivity contribution in [1.82, 2.24) is 9.80 Å². The van der Waals surface area contributed by atoms with Gasteiger partial charge in [-0.25, -0.2) is 0 Å². The van der Waals surface area contributed by atoms with Crippen molar-refractivity contribution in [2.24, 2.45) is 0 Å². The molecule has 0 radical (unpaired) electrons. The van der Waals surface area contributed by atoms with E-state index in [1.807, 2.05) is 23.6 Å². The third-order valence-electron chi connectivity index (χ3n) is 2.97. The number of hydrogen-bond acceptors (Lipinski definition) is 3. The summed E-state index contributed by atoms with van der Waals surface area (Å²) in [6.07, 6.45) is 3.44. The van der Waals surface area contributed by atoms with Crippen molar-refractivity contribution >= 4 is 29.2 Å². The van der Waals surface area contributed by atoms with Gasteiger partial charge in [0.05, 0.1) is 0 Å². The van der Waals surface area contributed by atoms with Crippen molar-refractivity contribution in [3.63, 3.8) is 0 Å². The van der Waals surface area contributed by atoms with Crippen LogP contribution in [-0.4, -0.2) is 47.8 Å². The first-order chi connectivity index (χ1) is 8.66. The molecule has 2 rings (SSSR count). The van der Waals surface area contributed by atoms with Crippen molar-refractivity contribution in [1.29, 1.82) is 0 Å². The summed E-state index contributed by atoms with van der Waals surface area (Å²) < 4.78 is 0.